The summed E-state index contributed by atoms with van der Waals surface area (Å²) in [5.41, 5.74) is 0.985. The summed E-state index contributed by atoms with van der Waals surface area (Å²) >= 11 is 0. The van der Waals surface area contributed by atoms with Crippen molar-refractivity contribution in [3.05, 3.63) is 29.8 Å². The van der Waals surface area contributed by atoms with E-state index in [-0.39, 0.29) is 23.9 Å². The zero-order chi connectivity index (χ0) is 21.2. The maximum Gasteiger partial charge on any atom is 0.338 e. The lowest BCUT2D eigenvalue weighted by atomic mass is 9.95. The molecule has 0 spiro atoms. The number of carbonyl (C=O) groups excluding carboxylic acids is 3. The number of anilines is 1. The molecule has 0 radical (unpaired) electrons. The van der Waals surface area contributed by atoms with Gasteiger partial charge in [-0.15, -0.1) is 0 Å². The maximum absolute atomic E-state index is 12.8. The van der Waals surface area contributed by atoms with Crippen LogP contribution in [0.2, 0.25) is 0 Å². The van der Waals surface area contributed by atoms with Crippen molar-refractivity contribution in [3.8, 4) is 0 Å². The molecule has 3 amide bonds. The van der Waals surface area contributed by atoms with E-state index in [0.717, 1.165) is 32.1 Å². The van der Waals surface area contributed by atoms with Crippen LogP contribution in [0.25, 0.3) is 0 Å². The molecule has 1 saturated carbocycles. The van der Waals surface area contributed by atoms with Gasteiger partial charge in [0.2, 0.25) is 5.91 Å². The Balaban J connectivity index is 1.97. The summed E-state index contributed by atoms with van der Waals surface area (Å²) in [5, 5.41) is 8.67. The molecule has 1 aliphatic carbocycles. The van der Waals surface area contributed by atoms with Crippen LogP contribution in [-0.4, -0.2) is 36.6 Å². The fraction of sp³-hybridized carbons (Fsp3) is 0.591. The number of hydrogen-bond acceptors (Lipinski definition) is 4. The van der Waals surface area contributed by atoms with Gasteiger partial charge in [0.1, 0.15) is 6.04 Å². The first-order chi connectivity index (χ1) is 13.9. The van der Waals surface area contributed by atoms with Crippen LogP contribution in [0.15, 0.2) is 24.3 Å². The van der Waals surface area contributed by atoms with Crippen molar-refractivity contribution < 1.29 is 19.1 Å². The largest absolute Gasteiger partial charge is 0.462 e. The number of rotatable bonds is 8. The maximum atomic E-state index is 12.8. The molecule has 7 heteroatoms. The van der Waals surface area contributed by atoms with Gasteiger partial charge in [0, 0.05) is 11.7 Å². The van der Waals surface area contributed by atoms with Crippen LogP contribution < -0.4 is 16.0 Å². The Morgan fingerprint density at radius 1 is 1.07 bits per heavy atom. The number of carbonyl (C=O) groups is 3. The van der Waals surface area contributed by atoms with Crippen LogP contribution >= 0.6 is 0 Å². The Bertz CT molecular complexity index is 684. The fourth-order valence-electron chi connectivity index (χ4n) is 3.44. The second-order valence-electron chi connectivity index (χ2n) is 7.60. The molecular formula is C22H33N3O4. The average molecular weight is 404 g/mol. The third-order valence-electron chi connectivity index (χ3n) is 5.39. The molecule has 2 atom stereocenters. The molecule has 3 N–H and O–H groups in total. The quantitative estimate of drug-likeness (QED) is 0.575. The smallest absolute Gasteiger partial charge is 0.338 e. The molecule has 1 aromatic carbocycles. The van der Waals surface area contributed by atoms with Crippen molar-refractivity contribution in [1.29, 1.82) is 0 Å². The van der Waals surface area contributed by atoms with E-state index in [2.05, 4.69) is 16.0 Å². The highest BCUT2D eigenvalue weighted by Gasteiger charge is 2.27. The molecule has 0 bridgehead atoms. The van der Waals surface area contributed by atoms with Crippen molar-refractivity contribution in [2.24, 2.45) is 5.92 Å². The summed E-state index contributed by atoms with van der Waals surface area (Å²) in [6.45, 7) is 5.98. The van der Waals surface area contributed by atoms with Gasteiger partial charge in [-0.2, -0.15) is 0 Å². The van der Waals surface area contributed by atoms with Crippen LogP contribution in [0.5, 0.6) is 0 Å². The van der Waals surface area contributed by atoms with E-state index in [4.69, 9.17) is 4.74 Å². The Morgan fingerprint density at radius 3 is 2.31 bits per heavy atom. The van der Waals surface area contributed by atoms with Crippen molar-refractivity contribution in [2.75, 3.05) is 11.9 Å². The van der Waals surface area contributed by atoms with E-state index in [1.54, 1.807) is 31.2 Å². The van der Waals surface area contributed by atoms with Crippen LogP contribution in [0, 0.1) is 5.92 Å². The van der Waals surface area contributed by atoms with Gasteiger partial charge in [-0.3, -0.25) is 4.79 Å². The van der Waals surface area contributed by atoms with Gasteiger partial charge in [-0.25, -0.2) is 9.59 Å². The first-order valence-electron chi connectivity index (χ1n) is 10.6. The van der Waals surface area contributed by atoms with Crippen LogP contribution in [-0.2, 0) is 9.53 Å². The molecule has 0 heterocycles. The van der Waals surface area contributed by atoms with Crippen molar-refractivity contribution in [3.63, 3.8) is 0 Å². The summed E-state index contributed by atoms with van der Waals surface area (Å²) in [4.78, 5) is 37.0. The number of benzene rings is 1. The van der Waals surface area contributed by atoms with Gasteiger partial charge in [0.25, 0.3) is 0 Å². The summed E-state index contributed by atoms with van der Waals surface area (Å²) in [6, 6.07) is 5.76. The number of urea groups is 1. The Hall–Kier alpha value is -2.57. The molecule has 1 aliphatic rings. The molecule has 2 unspecified atom stereocenters. The standard InChI is InChI=1S/C22H33N3O4/c1-4-15(3)19(25-22(28)24-17-9-7-6-8-10-17)20(26)23-18-13-11-16(12-14-18)21(27)29-5-2/h11-15,17,19H,4-10H2,1-3H3,(H,23,26)(H2,24,25,28). The van der Waals surface area contributed by atoms with E-state index in [0.29, 0.717) is 17.9 Å². The van der Waals surface area contributed by atoms with Crippen LogP contribution in [0.1, 0.15) is 69.7 Å². The lowest BCUT2D eigenvalue weighted by Gasteiger charge is -2.27. The van der Waals surface area contributed by atoms with Gasteiger partial charge < -0.3 is 20.7 Å². The van der Waals surface area contributed by atoms with E-state index >= 15 is 0 Å². The predicted octanol–water partition coefficient (Wildman–Crippen LogP) is 3.85. The lowest BCUT2D eigenvalue weighted by molar-refractivity contribution is -0.119. The molecule has 1 aromatic rings. The molecular weight excluding hydrogens is 370 g/mol. The molecule has 7 nitrogen and oxygen atoms in total. The Kier molecular flexibility index (Phi) is 8.96. The molecule has 0 aliphatic heterocycles. The summed E-state index contributed by atoms with van der Waals surface area (Å²) in [5.74, 6) is -0.697. The van der Waals surface area contributed by atoms with E-state index in [9.17, 15) is 14.4 Å². The second kappa shape index (κ2) is 11.4. The highest BCUT2D eigenvalue weighted by molar-refractivity contribution is 5.98. The number of ether oxygens (including phenoxy) is 1. The number of nitrogens with one attached hydrogen (secondary N) is 3. The first-order valence-corrected chi connectivity index (χ1v) is 10.6. The van der Waals surface area contributed by atoms with Gasteiger partial charge >= 0.3 is 12.0 Å². The lowest BCUT2D eigenvalue weighted by Crippen LogP contribution is -2.53. The molecule has 2 rings (SSSR count). The number of amides is 3. The summed E-state index contributed by atoms with van der Waals surface area (Å²) in [6.07, 6.45) is 6.20. The third-order valence-corrected chi connectivity index (χ3v) is 5.39. The topological polar surface area (TPSA) is 96.5 Å². The van der Waals surface area contributed by atoms with Crippen molar-refractivity contribution in [2.45, 2.75) is 71.4 Å². The van der Waals surface area contributed by atoms with Crippen LogP contribution in [0.4, 0.5) is 10.5 Å². The van der Waals surface area contributed by atoms with E-state index in [1.807, 2.05) is 13.8 Å². The molecule has 0 aromatic heterocycles. The SMILES string of the molecule is CCOC(=O)c1ccc(NC(=O)C(NC(=O)NC2CCCCC2)C(C)CC)cc1. The first kappa shape index (κ1) is 22.7. The van der Waals surface area contributed by atoms with Gasteiger partial charge in [-0.1, -0.05) is 39.5 Å². The molecule has 29 heavy (non-hydrogen) atoms. The second-order valence-corrected chi connectivity index (χ2v) is 7.60. The van der Waals surface area contributed by atoms with Crippen molar-refractivity contribution in [1.82, 2.24) is 10.6 Å². The Labute approximate surface area is 173 Å². The zero-order valence-electron chi connectivity index (χ0n) is 17.6. The van der Waals surface area contributed by atoms with E-state index in [1.165, 1.54) is 6.42 Å². The molecule has 160 valence electrons. The third kappa shape index (κ3) is 7.07. The normalized spacial score (nSPS) is 16.4. The van der Waals surface area contributed by atoms with E-state index < -0.39 is 12.0 Å². The summed E-state index contributed by atoms with van der Waals surface area (Å²) in [7, 11) is 0. The Morgan fingerprint density at radius 2 is 1.72 bits per heavy atom. The summed E-state index contributed by atoms with van der Waals surface area (Å²) < 4.78 is 4.96. The monoisotopic (exact) mass is 403 g/mol. The van der Waals surface area contributed by atoms with Crippen molar-refractivity contribution >= 4 is 23.6 Å². The van der Waals surface area contributed by atoms with Gasteiger partial charge in [0.05, 0.1) is 12.2 Å². The fourth-order valence-corrected chi connectivity index (χ4v) is 3.44. The number of hydrogen-bond donors (Lipinski definition) is 3. The van der Waals surface area contributed by atoms with Crippen LogP contribution in [0.3, 0.4) is 0 Å². The van der Waals surface area contributed by atoms with Gasteiger partial charge in [-0.05, 0) is 49.9 Å². The molecule has 1 fully saturated rings. The highest BCUT2D eigenvalue weighted by atomic mass is 16.5. The minimum atomic E-state index is -0.645. The minimum Gasteiger partial charge on any atom is -0.462 e. The predicted molar refractivity (Wildman–Crippen MR) is 113 cm³/mol. The van der Waals surface area contributed by atoms with Gasteiger partial charge in [0.15, 0.2) is 0 Å². The highest BCUT2D eigenvalue weighted by Crippen LogP contribution is 2.18. The number of esters is 1. The average Bonchev–Trinajstić information content (AvgIpc) is 2.72. The zero-order valence-corrected chi connectivity index (χ0v) is 17.6. The molecule has 0 saturated heterocycles. The minimum absolute atomic E-state index is 0.0223.